The second-order valence-corrected chi connectivity index (χ2v) is 2.42. The topological polar surface area (TPSA) is 44.5 Å². The summed E-state index contributed by atoms with van der Waals surface area (Å²) in [6.45, 7) is 2.17. The molecule has 0 saturated carbocycles. The minimum atomic E-state index is 0.185. The fraction of sp³-hybridized carbons (Fsp3) is 1.00. The van der Waals surface area contributed by atoms with Crippen LogP contribution >= 0.6 is 0 Å². The molecule has 1 fully saturated rings. The maximum absolute atomic E-state index is 5.66. The first-order valence-electron chi connectivity index (χ1n) is 3.17. The molecule has 0 spiro atoms. The first kappa shape index (κ1) is 6.99. The Morgan fingerprint density at radius 3 is 2.89 bits per heavy atom. The molecule has 3 heteroatoms. The smallest absolute Gasteiger partial charge is 0.0622 e. The largest absolute Gasteiger partial charge is 0.384 e. The summed E-state index contributed by atoms with van der Waals surface area (Å²) in [6, 6.07) is 0.185. The summed E-state index contributed by atoms with van der Waals surface area (Å²) in [7, 11) is 1.69. The van der Waals surface area contributed by atoms with E-state index >= 15 is 0 Å². The molecular formula is C6H13NO2. The molecule has 1 aliphatic heterocycles. The van der Waals surface area contributed by atoms with Crippen LogP contribution in [0.3, 0.4) is 0 Å². The predicted octanol–water partition coefficient (Wildman–Crippen LogP) is -0.393. The summed E-state index contributed by atoms with van der Waals surface area (Å²) in [4.78, 5) is 0. The minimum Gasteiger partial charge on any atom is -0.384 e. The van der Waals surface area contributed by atoms with Crippen molar-refractivity contribution >= 4 is 0 Å². The molecule has 1 rings (SSSR count). The quantitative estimate of drug-likeness (QED) is 0.555. The first-order chi connectivity index (χ1) is 4.34. The predicted molar refractivity (Wildman–Crippen MR) is 34.2 cm³/mol. The van der Waals surface area contributed by atoms with E-state index in [9.17, 15) is 0 Å². The second kappa shape index (κ2) is 3.15. The molecule has 2 atom stereocenters. The van der Waals surface area contributed by atoms with Gasteiger partial charge in [-0.05, 0) is 0 Å². The van der Waals surface area contributed by atoms with Crippen molar-refractivity contribution < 1.29 is 9.47 Å². The number of hydrogen-bond acceptors (Lipinski definition) is 3. The average Bonchev–Trinajstić information content (AvgIpc) is 2.18. The van der Waals surface area contributed by atoms with Gasteiger partial charge in [-0.2, -0.15) is 0 Å². The molecule has 0 amide bonds. The molecule has 2 N–H and O–H groups in total. The van der Waals surface area contributed by atoms with Crippen LogP contribution < -0.4 is 5.73 Å². The highest BCUT2D eigenvalue weighted by Crippen LogP contribution is 2.10. The minimum absolute atomic E-state index is 0.185. The van der Waals surface area contributed by atoms with Crippen LogP contribution in [0.25, 0.3) is 0 Å². The SMILES string of the molecule is COC[C@H]1COC[C@H]1N. The third kappa shape index (κ3) is 1.64. The standard InChI is InChI=1S/C6H13NO2/c1-8-2-5-3-9-4-6(5)7/h5-6H,2-4,7H2,1H3/t5-,6+/m0/s1. The number of nitrogens with two attached hydrogens (primary N) is 1. The van der Waals surface area contributed by atoms with Gasteiger partial charge in [0.25, 0.3) is 0 Å². The van der Waals surface area contributed by atoms with Crippen molar-refractivity contribution in [2.24, 2.45) is 11.7 Å². The lowest BCUT2D eigenvalue weighted by atomic mass is 10.1. The lowest BCUT2D eigenvalue weighted by molar-refractivity contribution is 0.128. The van der Waals surface area contributed by atoms with Crippen molar-refractivity contribution in [3.63, 3.8) is 0 Å². The molecule has 0 radical (unpaired) electrons. The van der Waals surface area contributed by atoms with Gasteiger partial charge in [-0.15, -0.1) is 0 Å². The van der Waals surface area contributed by atoms with Crippen LogP contribution in [0.1, 0.15) is 0 Å². The Kier molecular flexibility index (Phi) is 2.45. The molecule has 1 aliphatic rings. The summed E-state index contributed by atoms with van der Waals surface area (Å²) in [5.74, 6) is 0.412. The summed E-state index contributed by atoms with van der Waals surface area (Å²) in [5.41, 5.74) is 5.66. The number of ether oxygens (including phenoxy) is 2. The van der Waals surface area contributed by atoms with Gasteiger partial charge >= 0.3 is 0 Å². The molecule has 1 heterocycles. The van der Waals surface area contributed by atoms with Gasteiger partial charge in [0.05, 0.1) is 19.8 Å². The van der Waals surface area contributed by atoms with Crippen molar-refractivity contribution in [2.75, 3.05) is 26.9 Å². The first-order valence-corrected chi connectivity index (χ1v) is 3.17. The fourth-order valence-electron chi connectivity index (χ4n) is 1.00. The van der Waals surface area contributed by atoms with Crippen LogP contribution in [-0.4, -0.2) is 33.0 Å². The maximum atomic E-state index is 5.66. The molecular weight excluding hydrogens is 118 g/mol. The molecule has 1 saturated heterocycles. The zero-order chi connectivity index (χ0) is 6.69. The third-order valence-electron chi connectivity index (χ3n) is 1.63. The van der Waals surface area contributed by atoms with E-state index in [0.717, 1.165) is 13.2 Å². The Morgan fingerprint density at radius 1 is 1.67 bits per heavy atom. The fourth-order valence-corrected chi connectivity index (χ4v) is 1.00. The van der Waals surface area contributed by atoms with Gasteiger partial charge in [-0.3, -0.25) is 0 Å². The van der Waals surface area contributed by atoms with E-state index in [-0.39, 0.29) is 6.04 Å². The highest BCUT2D eigenvalue weighted by Gasteiger charge is 2.23. The van der Waals surface area contributed by atoms with Crippen molar-refractivity contribution in [1.29, 1.82) is 0 Å². The van der Waals surface area contributed by atoms with E-state index in [1.54, 1.807) is 7.11 Å². The summed E-state index contributed by atoms with van der Waals surface area (Å²) in [5, 5.41) is 0. The van der Waals surface area contributed by atoms with E-state index in [1.807, 2.05) is 0 Å². The maximum Gasteiger partial charge on any atom is 0.0622 e. The average molecular weight is 131 g/mol. The number of hydrogen-bond donors (Lipinski definition) is 1. The molecule has 54 valence electrons. The number of rotatable bonds is 2. The Morgan fingerprint density at radius 2 is 2.44 bits per heavy atom. The van der Waals surface area contributed by atoms with Gasteiger partial charge in [0.1, 0.15) is 0 Å². The zero-order valence-corrected chi connectivity index (χ0v) is 5.67. The summed E-state index contributed by atoms with van der Waals surface area (Å²) < 4.78 is 10.1. The summed E-state index contributed by atoms with van der Waals surface area (Å²) in [6.07, 6.45) is 0. The van der Waals surface area contributed by atoms with Crippen molar-refractivity contribution in [3.8, 4) is 0 Å². The van der Waals surface area contributed by atoms with Crippen LogP contribution in [0, 0.1) is 5.92 Å². The van der Waals surface area contributed by atoms with E-state index < -0.39 is 0 Å². The summed E-state index contributed by atoms with van der Waals surface area (Å²) >= 11 is 0. The lowest BCUT2D eigenvalue weighted by Crippen LogP contribution is -2.31. The number of methoxy groups -OCH3 is 1. The highest BCUT2D eigenvalue weighted by molar-refractivity contribution is 4.77. The monoisotopic (exact) mass is 131 g/mol. The van der Waals surface area contributed by atoms with Gasteiger partial charge in [0.2, 0.25) is 0 Å². The Bertz CT molecular complexity index is 87.1. The van der Waals surface area contributed by atoms with E-state index in [2.05, 4.69) is 0 Å². The highest BCUT2D eigenvalue weighted by atomic mass is 16.5. The molecule has 0 unspecified atom stereocenters. The van der Waals surface area contributed by atoms with Crippen LogP contribution in [-0.2, 0) is 9.47 Å². The molecule has 0 aromatic rings. The van der Waals surface area contributed by atoms with Crippen LogP contribution in [0.2, 0.25) is 0 Å². The normalized spacial score (nSPS) is 35.3. The van der Waals surface area contributed by atoms with Gasteiger partial charge < -0.3 is 15.2 Å². The third-order valence-corrected chi connectivity index (χ3v) is 1.63. The molecule has 0 bridgehead atoms. The second-order valence-electron chi connectivity index (χ2n) is 2.42. The molecule has 0 aromatic heterocycles. The van der Waals surface area contributed by atoms with Crippen LogP contribution in [0.15, 0.2) is 0 Å². The Balaban J connectivity index is 2.22. The van der Waals surface area contributed by atoms with Gasteiger partial charge in [-0.25, -0.2) is 0 Å². The zero-order valence-electron chi connectivity index (χ0n) is 5.67. The van der Waals surface area contributed by atoms with Crippen molar-refractivity contribution in [3.05, 3.63) is 0 Å². The lowest BCUT2D eigenvalue weighted by Gasteiger charge is -2.10. The van der Waals surface area contributed by atoms with Gasteiger partial charge in [0.15, 0.2) is 0 Å². The van der Waals surface area contributed by atoms with Gasteiger partial charge in [0, 0.05) is 19.1 Å². The van der Waals surface area contributed by atoms with E-state index in [4.69, 9.17) is 15.2 Å². The van der Waals surface area contributed by atoms with Gasteiger partial charge in [-0.1, -0.05) is 0 Å². The molecule has 3 nitrogen and oxygen atoms in total. The molecule has 9 heavy (non-hydrogen) atoms. The van der Waals surface area contributed by atoms with E-state index in [1.165, 1.54) is 0 Å². The van der Waals surface area contributed by atoms with Crippen molar-refractivity contribution in [2.45, 2.75) is 6.04 Å². The van der Waals surface area contributed by atoms with Crippen LogP contribution in [0.4, 0.5) is 0 Å². The Hall–Kier alpha value is -0.120. The van der Waals surface area contributed by atoms with E-state index in [0.29, 0.717) is 12.5 Å². The van der Waals surface area contributed by atoms with Crippen LogP contribution in [0.5, 0.6) is 0 Å². The molecule has 0 aromatic carbocycles. The Labute approximate surface area is 55.1 Å². The molecule has 0 aliphatic carbocycles. The van der Waals surface area contributed by atoms with Crippen molar-refractivity contribution in [1.82, 2.24) is 0 Å².